The Labute approximate surface area is 222 Å². The lowest BCUT2D eigenvalue weighted by atomic mass is 9.82. The van der Waals surface area contributed by atoms with Gasteiger partial charge in [0, 0.05) is 16.4 Å². The van der Waals surface area contributed by atoms with E-state index in [1.54, 1.807) is 49.4 Å². The van der Waals surface area contributed by atoms with Gasteiger partial charge < -0.3 is 15.4 Å². The number of halogens is 3. The molecule has 0 radical (unpaired) electrons. The number of dihydropyridines is 1. The molecule has 0 aromatic heterocycles. The van der Waals surface area contributed by atoms with Crippen molar-refractivity contribution in [3.63, 3.8) is 0 Å². The molecule has 0 saturated carbocycles. The summed E-state index contributed by atoms with van der Waals surface area (Å²) in [4.78, 5) is 25.4. The molecule has 1 amide bonds. The van der Waals surface area contributed by atoms with Gasteiger partial charge in [-0.15, -0.1) is 0 Å². The molecule has 180 valence electrons. The molecule has 0 fully saturated rings. The average molecular weight is 549 g/mol. The highest BCUT2D eigenvalue weighted by atomic mass is 35.5. The third-order valence-corrected chi connectivity index (χ3v) is 6.96. The quantitative estimate of drug-likeness (QED) is 0.291. The van der Waals surface area contributed by atoms with E-state index in [0.29, 0.717) is 42.6 Å². The fourth-order valence-corrected chi connectivity index (χ4v) is 4.72. The van der Waals surface area contributed by atoms with E-state index in [-0.39, 0.29) is 23.8 Å². The van der Waals surface area contributed by atoms with Crippen molar-refractivity contribution < 1.29 is 14.3 Å². The zero-order chi connectivity index (χ0) is 25.5. The molecule has 0 aliphatic carbocycles. The number of ether oxygens (including phenoxy) is 1. The van der Waals surface area contributed by atoms with Crippen LogP contribution in [0, 0.1) is 11.3 Å². The molecule has 0 unspecified atom stereocenters. The molecule has 6 nitrogen and oxygen atoms in total. The Kier molecular flexibility index (Phi) is 9.30. The maximum atomic E-state index is 12.9. The van der Waals surface area contributed by atoms with E-state index in [4.69, 9.17) is 39.5 Å². The van der Waals surface area contributed by atoms with Crippen LogP contribution in [0.2, 0.25) is 15.1 Å². The Hall–Kier alpha value is -2.89. The molecule has 1 aliphatic heterocycles. The van der Waals surface area contributed by atoms with Crippen molar-refractivity contribution in [3.8, 4) is 6.07 Å². The molecule has 0 bridgehead atoms. The molecule has 3 rings (SSSR count). The summed E-state index contributed by atoms with van der Waals surface area (Å²) in [5.41, 5.74) is 2.30. The first-order valence-corrected chi connectivity index (χ1v) is 12.4. The molecule has 0 spiro atoms. The van der Waals surface area contributed by atoms with E-state index in [2.05, 4.69) is 23.3 Å². The molecule has 2 aromatic rings. The van der Waals surface area contributed by atoms with Crippen LogP contribution in [-0.2, 0) is 14.3 Å². The van der Waals surface area contributed by atoms with Gasteiger partial charge in [-0.05, 0) is 42.8 Å². The monoisotopic (exact) mass is 547 g/mol. The summed E-state index contributed by atoms with van der Waals surface area (Å²) in [5.74, 6) is -1.56. The second-order valence-corrected chi connectivity index (χ2v) is 9.59. The van der Waals surface area contributed by atoms with E-state index in [9.17, 15) is 14.9 Å². The van der Waals surface area contributed by atoms with E-state index < -0.39 is 11.9 Å². The third-order valence-electron chi connectivity index (χ3n) is 4.95. The number of amides is 1. The molecule has 10 heteroatoms. The largest absolute Gasteiger partial charge is 0.458 e. The van der Waals surface area contributed by atoms with Crippen LogP contribution in [-0.4, -0.2) is 24.2 Å². The minimum absolute atomic E-state index is 0.00458. The number of nitrogens with one attached hydrogen (secondary N) is 2. The highest BCUT2D eigenvalue weighted by Gasteiger charge is 2.35. The number of carbonyl (C=O) groups excluding carboxylic acids is 2. The van der Waals surface area contributed by atoms with Crippen molar-refractivity contribution >= 4 is 64.1 Å². The van der Waals surface area contributed by atoms with Crippen LogP contribution in [0.25, 0.3) is 0 Å². The molecule has 2 N–H and O–H groups in total. The molecule has 1 aliphatic rings. The Balaban J connectivity index is 1.88. The fraction of sp³-hybridized carbons (Fsp3) is 0.160. The van der Waals surface area contributed by atoms with Crippen molar-refractivity contribution in [1.29, 1.82) is 5.26 Å². The number of hydrogen-bond acceptors (Lipinski definition) is 6. The van der Waals surface area contributed by atoms with Gasteiger partial charge in [0.05, 0.1) is 44.0 Å². The SMILES string of the molecule is C=CCOC(=O)C1=C(C)NC(SCC(=O)Nc2ccc(Cl)c(Cl)c2)=C(C#N)[C@H]1c1ccc(Cl)cc1. The van der Waals surface area contributed by atoms with Gasteiger partial charge in [0.25, 0.3) is 0 Å². The van der Waals surface area contributed by atoms with Crippen molar-refractivity contribution in [2.45, 2.75) is 12.8 Å². The molecule has 35 heavy (non-hydrogen) atoms. The van der Waals surface area contributed by atoms with Gasteiger partial charge in [-0.3, -0.25) is 4.79 Å². The standard InChI is InChI=1S/C25H20Cl3N3O3S/c1-3-10-34-25(33)22-14(2)30-24(18(12-29)23(22)15-4-6-16(26)7-5-15)35-13-21(32)31-17-8-9-19(27)20(28)11-17/h3-9,11,23,30H,1,10,13H2,2H3,(H,31,32)/t23-/m1/s1. The second kappa shape index (κ2) is 12.2. The zero-order valence-corrected chi connectivity index (χ0v) is 21.6. The summed E-state index contributed by atoms with van der Waals surface area (Å²) < 4.78 is 5.28. The lowest BCUT2D eigenvalue weighted by molar-refractivity contribution is -0.138. The first-order valence-electron chi connectivity index (χ1n) is 10.3. The number of nitrogens with zero attached hydrogens (tertiary/aromatic N) is 1. The van der Waals surface area contributed by atoms with Crippen molar-refractivity contribution in [1.82, 2.24) is 5.32 Å². The molecular formula is C25H20Cl3N3O3S. The van der Waals surface area contributed by atoms with Crippen LogP contribution >= 0.6 is 46.6 Å². The average Bonchev–Trinajstić information content (AvgIpc) is 2.83. The number of rotatable bonds is 8. The van der Waals surface area contributed by atoms with Gasteiger partial charge >= 0.3 is 5.97 Å². The summed E-state index contributed by atoms with van der Waals surface area (Å²) in [5, 5.41) is 17.6. The first-order chi connectivity index (χ1) is 16.7. The number of carbonyl (C=O) groups is 2. The van der Waals surface area contributed by atoms with Crippen LogP contribution in [0.4, 0.5) is 5.69 Å². The summed E-state index contributed by atoms with van der Waals surface area (Å²) >= 11 is 19.1. The van der Waals surface area contributed by atoms with Crippen LogP contribution in [0.15, 0.2) is 77.0 Å². The lowest BCUT2D eigenvalue weighted by Gasteiger charge is -2.29. The Morgan fingerprint density at radius 1 is 1.20 bits per heavy atom. The van der Waals surface area contributed by atoms with Crippen molar-refractivity contribution in [3.05, 3.63) is 97.6 Å². The Morgan fingerprint density at radius 2 is 1.91 bits per heavy atom. The highest BCUT2D eigenvalue weighted by Crippen LogP contribution is 2.41. The molecule has 2 aromatic carbocycles. The highest BCUT2D eigenvalue weighted by molar-refractivity contribution is 8.03. The predicted molar refractivity (Wildman–Crippen MR) is 141 cm³/mol. The van der Waals surface area contributed by atoms with E-state index in [1.165, 1.54) is 6.08 Å². The predicted octanol–water partition coefficient (Wildman–Crippen LogP) is 6.44. The topological polar surface area (TPSA) is 91.2 Å². The smallest absolute Gasteiger partial charge is 0.337 e. The van der Waals surface area contributed by atoms with Crippen molar-refractivity contribution in [2.24, 2.45) is 0 Å². The summed E-state index contributed by atoms with van der Waals surface area (Å²) in [7, 11) is 0. The minimum atomic E-state index is -0.698. The van der Waals surface area contributed by atoms with Crippen molar-refractivity contribution in [2.75, 3.05) is 17.7 Å². The van der Waals surface area contributed by atoms with Gasteiger partial charge in [0.1, 0.15) is 6.61 Å². The van der Waals surface area contributed by atoms with Gasteiger partial charge in [-0.2, -0.15) is 5.26 Å². The first kappa shape index (κ1) is 26.7. The number of hydrogen-bond donors (Lipinski definition) is 2. The summed E-state index contributed by atoms with van der Waals surface area (Å²) in [6.07, 6.45) is 1.47. The number of allylic oxidation sites excluding steroid dienone is 2. The van der Waals surface area contributed by atoms with Crippen LogP contribution in [0.3, 0.4) is 0 Å². The van der Waals surface area contributed by atoms with Gasteiger partial charge in [0.2, 0.25) is 5.91 Å². The number of thioether (sulfide) groups is 1. The Bertz CT molecular complexity index is 1270. The van der Waals surface area contributed by atoms with Gasteiger partial charge in [-0.1, -0.05) is 71.4 Å². The molecule has 1 atom stereocenters. The zero-order valence-electron chi connectivity index (χ0n) is 18.5. The summed E-state index contributed by atoms with van der Waals surface area (Å²) in [6, 6.07) is 13.9. The number of benzene rings is 2. The van der Waals surface area contributed by atoms with Gasteiger partial charge in [0.15, 0.2) is 0 Å². The minimum Gasteiger partial charge on any atom is -0.458 e. The van der Waals surface area contributed by atoms with E-state index in [0.717, 1.165) is 11.8 Å². The fourth-order valence-electron chi connectivity index (χ4n) is 3.41. The number of nitriles is 1. The van der Waals surface area contributed by atoms with E-state index in [1.807, 2.05) is 0 Å². The number of anilines is 1. The maximum Gasteiger partial charge on any atom is 0.337 e. The molecule has 0 saturated heterocycles. The summed E-state index contributed by atoms with van der Waals surface area (Å²) in [6.45, 7) is 5.32. The third kappa shape index (κ3) is 6.62. The van der Waals surface area contributed by atoms with Crippen LogP contribution < -0.4 is 10.6 Å². The Morgan fingerprint density at radius 3 is 2.54 bits per heavy atom. The van der Waals surface area contributed by atoms with Crippen LogP contribution in [0.5, 0.6) is 0 Å². The normalized spacial score (nSPS) is 15.2. The molecular weight excluding hydrogens is 529 g/mol. The number of esters is 1. The van der Waals surface area contributed by atoms with Crippen LogP contribution in [0.1, 0.15) is 18.4 Å². The lowest BCUT2D eigenvalue weighted by Crippen LogP contribution is -2.29. The van der Waals surface area contributed by atoms with E-state index >= 15 is 0 Å². The van der Waals surface area contributed by atoms with Gasteiger partial charge in [-0.25, -0.2) is 4.79 Å². The molecule has 1 heterocycles. The second-order valence-electron chi connectivity index (χ2n) is 7.36. The maximum absolute atomic E-state index is 12.9.